The highest BCUT2D eigenvalue weighted by atomic mass is 32.2. The van der Waals surface area contributed by atoms with E-state index in [0.29, 0.717) is 112 Å². The molecule has 4 atom stereocenters. The minimum atomic E-state index is -0.563. The molecule has 0 N–H and O–H groups in total. The topological polar surface area (TPSA) is 355 Å². The Hall–Kier alpha value is -12.8. The van der Waals surface area contributed by atoms with Gasteiger partial charge in [-0.1, -0.05) is 129 Å². The number of anilines is 6. The van der Waals surface area contributed by atoms with Crippen molar-refractivity contribution in [1.82, 2.24) is 29.9 Å². The van der Waals surface area contributed by atoms with Crippen molar-refractivity contribution in [2.75, 3.05) is 115 Å². The third kappa shape index (κ3) is 33.4. The van der Waals surface area contributed by atoms with E-state index in [2.05, 4.69) is 64.7 Å². The Kier molecular flexibility index (Phi) is 37.0. The van der Waals surface area contributed by atoms with Gasteiger partial charge in [0.15, 0.2) is 16.7 Å². The van der Waals surface area contributed by atoms with Crippen LogP contribution >= 0.6 is 35.3 Å². The summed E-state index contributed by atoms with van der Waals surface area (Å²) < 4.78 is 79.5. The fraction of sp³-hybridized carbons (Fsp3) is 0.293. The lowest BCUT2D eigenvalue weighted by Crippen LogP contribution is -2.18. The van der Waals surface area contributed by atoms with Crippen LogP contribution in [0.3, 0.4) is 0 Å². The first-order valence-electron chi connectivity index (χ1n) is 39.5. The molecule has 4 aliphatic rings. The first-order chi connectivity index (χ1) is 60.4. The molecule has 9 aromatic rings. The Labute approximate surface area is 737 Å². The maximum absolute atomic E-state index is 12.3. The van der Waals surface area contributed by atoms with Crippen molar-refractivity contribution in [3.05, 3.63) is 260 Å². The van der Waals surface area contributed by atoms with Crippen molar-refractivity contribution in [3.63, 3.8) is 0 Å². The number of rotatable bonds is 44. The standard InChI is InChI=1S/C24H24N4O5.C24H24O7S.C23H22N4O2S2.C21H26O8/c1-17(2)21(29)30-13-14-31-23-25-22(26-24(27-23)33-16-20-15-32-20)28(18-9-5-3-6-10-18)19-11-7-4-8-12-19;1-2-22(25)28-14-15-30-24(27)18-7-11-21(12-8-18)32-20-9-5-17(6-10-20)23(26)29-13-3-4-19-16-31-19;1-16(2)19(28)31-22-25-20(24-21(26-22)30-15-23(3)14-29-23)27(17-10-6-4-7-11-17)18-12-8-5-9-13-18;1-14(2)20(22)26-9-7-24-16-5-6-18(29-13-17-12-28-17)19(11-16)25-8-10-27-21(23)15(3)4/h3-12,20H,1,13-16H2,2H3;2,5-12,19H,1,3-4,13-16H2;4-13H,1,14-15H2,2-3H3;5-6,11,17H,1,3,7-10,12-13H2,2,4H3. The zero-order chi connectivity index (χ0) is 88.9. The van der Waals surface area contributed by atoms with Gasteiger partial charge in [-0.3, -0.25) is 14.6 Å². The van der Waals surface area contributed by atoms with Gasteiger partial charge in [-0.05, 0) is 174 Å². The van der Waals surface area contributed by atoms with E-state index in [1.165, 1.54) is 23.5 Å². The predicted molar refractivity (Wildman–Crippen MR) is 468 cm³/mol. The molecule has 0 bridgehead atoms. The van der Waals surface area contributed by atoms with Crippen molar-refractivity contribution < 1.29 is 105 Å². The average molecular weight is 1760 g/mol. The van der Waals surface area contributed by atoms with Gasteiger partial charge in [-0.2, -0.15) is 24.9 Å². The van der Waals surface area contributed by atoms with Gasteiger partial charge in [0, 0.05) is 67.2 Å². The number of epoxide rings is 4. The predicted octanol–water partition coefficient (Wildman–Crippen LogP) is 15.6. The van der Waals surface area contributed by atoms with Crippen LogP contribution in [0.15, 0.2) is 269 Å². The Morgan fingerprint density at radius 2 is 0.872 bits per heavy atom. The second kappa shape index (κ2) is 48.9. The van der Waals surface area contributed by atoms with Gasteiger partial charge in [0.2, 0.25) is 22.2 Å². The van der Waals surface area contributed by atoms with Crippen LogP contribution in [0.5, 0.6) is 29.3 Å². The maximum Gasteiger partial charge on any atom is 0.338 e. The SMILES string of the molecule is C=C(C)C(=O)OCCOc1ccc(OCC2CO2)c(OCCOC(=O)C(=C)C)c1.C=C(C)C(=O)OCCOc1nc(OCC2CO2)nc(N(c2ccccc2)c2ccccc2)n1.C=C(C)C(=O)Sc1nc(SCC2(C)CO2)nc(N(c2ccccc2)c2ccccc2)n1.C=CC(=O)OCCOC(=O)c1ccc(Sc2ccc(C(=O)OCCCC3CO3)cc2)cc1. The number of ether oxygens (including phenoxy) is 15. The zero-order valence-corrected chi connectivity index (χ0v) is 72.2. The zero-order valence-electron chi connectivity index (χ0n) is 69.8. The molecule has 33 heteroatoms. The van der Waals surface area contributed by atoms with Crippen LogP contribution in [-0.4, -0.2) is 200 Å². The van der Waals surface area contributed by atoms with E-state index in [4.69, 9.17) is 76.0 Å². The summed E-state index contributed by atoms with van der Waals surface area (Å²) in [5.41, 5.74) is 5.71. The van der Waals surface area contributed by atoms with Crippen LogP contribution in [0.4, 0.5) is 34.6 Å². The van der Waals surface area contributed by atoms with Gasteiger partial charge >= 0.3 is 47.8 Å². The van der Waals surface area contributed by atoms with Crippen LogP contribution in [-0.2, 0) is 71.3 Å². The normalized spacial score (nSPS) is 15.1. The number of para-hydroxylation sites is 4. The summed E-state index contributed by atoms with van der Waals surface area (Å²) in [6.07, 6.45) is 3.25. The molecule has 0 spiro atoms. The van der Waals surface area contributed by atoms with Gasteiger partial charge in [0.1, 0.15) is 84.0 Å². The Balaban J connectivity index is 0.000000174. The van der Waals surface area contributed by atoms with Crippen molar-refractivity contribution in [1.29, 1.82) is 0 Å². The minimum absolute atomic E-state index is 0.0243. The fourth-order valence-corrected chi connectivity index (χ4v) is 12.5. The summed E-state index contributed by atoms with van der Waals surface area (Å²) in [7, 11) is 0. The van der Waals surface area contributed by atoms with Gasteiger partial charge in [0.25, 0.3) is 0 Å². The molecule has 0 saturated carbocycles. The number of esters is 6. The molecule has 6 heterocycles. The Morgan fingerprint density at radius 3 is 1.33 bits per heavy atom. The summed E-state index contributed by atoms with van der Waals surface area (Å²) in [6.45, 7) is 30.6. The molecular weight excluding hydrogens is 1670 g/mol. The third-order valence-corrected chi connectivity index (χ3v) is 20.2. The summed E-state index contributed by atoms with van der Waals surface area (Å²) in [6, 6.07) is 58.6. The molecule has 4 saturated heterocycles. The van der Waals surface area contributed by atoms with Crippen LogP contribution in [0, 0.1) is 0 Å². The minimum Gasteiger partial charge on any atom is -0.490 e. The molecule has 125 heavy (non-hydrogen) atoms. The van der Waals surface area contributed by atoms with Crippen LogP contribution in [0.2, 0.25) is 0 Å². The van der Waals surface area contributed by atoms with E-state index in [1.807, 2.05) is 155 Å². The lowest BCUT2D eigenvalue weighted by Gasteiger charge is -2.23. The van der Waals surface area contributed by atoms with Gasteiger partial charge < -0.3 is 71.1 Å². The number of hydrogen-bond acceptors (Lipinski definition) is 33. The van der Waals surface area contributed by atoms with Crippen molar-refractivity contribution >= 4 is 111 Å². The van der Waals surface area contributed by atoms with Gasteiger partial charge in [0.05, 0.1) is 55.9 Å². The summed E-state index contributed by atoms with van der Waals surface area (Å²) in [5.74, 6) is 0.161. The van der Waals surface area contributed by atoms with E-state index in [9.17, 15) is 33.6 Å². The number of carbonyl (C=O) groups excluding carboxylic acids is 7. The molecule has 0 aliphatic carbocycles. The molecule has 4 fully saturated rings. The quantitative estimate of drug-likeness (QED) is 0.00854. The maximum atomic E-state index is 12.3. The van der Waals surface area contributed by atoms with Crippen LogP contribution in [0.25, 0.3) is 0 Å². The molecule has 13 rings (SSSR count). The van der Waals surface area contributed by atoms with Crippen molar-refractivity contribution in [3.8, 4) is 29.3 Å². The molecule has 2 aromatic heterocycles. The average Bonchev–Trinajstić information content (AvgIpc) is 1.56. The molecule has 4 unspecified atom stereocenters. The number of benzene rings is 7. The molecule has 7 aromatic carbocycles. The van der Waals surface area contributed by atoms with E-state index in [-0.39, 0.29) is 93.8 Å². The summed E-state index contributed by atoms with van der Waals surface area (Å²) in [4.78, 5) is 115. The summed E-state index contributed by atoms with van der Waals surface area (Å²) >= 11 is 3.97. The van der Waals surface area contributed by atoms with Gasteiger partial charge in [-0.25, -0.2) is 28.8 Å². The highest BCUT2D eigenvalue weighted by Gasteiger charge is 2.40. The monoisotopic (exact) mass is 1760 g/mol. The smallest absolute Gasteiger partial charge is 0.338 e. The molecular formula is C92H96N8O22S3. The first-order valence-corrected chi connectivity index (χ1v) is 42.2. The lowest BCUT2D eigenvalue weighted by atomic mass is 10.2. The fourth-order valence-electron chi connectivity index (χ4n) is 10.1. The summed E-state index contributed by atoms with van der Waals surface area (Å²) in [5, 5.41) is 0.728. The van der Waals surface area contributed by atoms with E-state index in [0.717, 1.165) is 82.2 Å². The van der Waals surface area contributed by atoms with E-state index >= 15 is 0 Å². The van der Waals surface area contributed by atoms with Crippen LogP contribution in [0.1, 0.15) is 68.2 Å². The van der Waals surface area contributed by atoms with E-state index in [1.54, 1.807) is 70.2 Å². The molecule has 4 aliphatic heterocycles. The number of thioether (sulfide) groups is 2. The van der Waals surface area contributed by atoms with Crippen molar-refractivity contribution in [2.24, 2.45) is 0 Å². The highest BCUT2D eigenvalue weighted by Crippen LogP contribution is 2.39. The number of carbonyl (C=O) groups is 7. The second-order valence-corrected chi connectivity index (χ2v) is 31.0. The highest BCUT2D eigenvalue weighted by molar-refractivity contribution is 8.14. The largest absolute Gasteiger partial charge is 0.490 e. The number of nitrogens with zero attached hydrogens (tertiary/aromatic N) is 8. The number of hydrogen-bond donors (Lipinski definition) is 0. The molecule has 0 amide bonds. The Morgan fingerprint density at radius 1 is 0.448 bits per heavy atom. The first kappa shape index (κ1) is 94.5. The van der Waals surface area contributed by atoms with E-state index < -0.39 is 29.8 Å². The number of aromatic nitrogens is 6. The molecule has 30 nitrogen and oxygen atoms in total. The third-order valence-electron chi connectivity index (χ3n) is 17.0. The van der Waals surface area contributed by atoms with Crippen LogP contribution < -0.4 is 33.5 Å². The molecule has 654 valence electrons. The Bertz CT molecular complexity index is 5070. The molecule has 0 radical (unpaired) electrons. The van der Waals surface area contributed by atoms with Gasteiger partial charge in [-0.15, -0.1) is 4.98 Å². The lowest BCUT2D eigenvalue weighted by molar-refractivity contribution is -0.140. The van der Waals surface area contributed by atoms with Crippen molar-refractivity contribution in [2.45, 2.75) is 91.5 Å². The second-order valence-electron chi connectivity index (χ2n) is 27.9.